The number of pyridine rings is 1. The number of hydrogen-bond donors (Lipinski definition) is 2. The zero-order valence-corrected chi connectivity index (χ0v) is 11.2. The van der Waals surface area contributed by atoms with E-state index in [2.05, 4.69) is 5.10 Å². The van der Waals surface area contributed by atoms with Gasteiger partial charge in [0.05, 0.1) is 6.54 Å². The van der Waals surface area contributed by atoms with Crippen molar-refractivity contribution in [2.75, 3.05) is 0 Å². The molecule has 0 aliphatic carbocycles. The van der Waals surface area contributed by atoms with Gasteiger partial charge in [0.2, 0.25) is 0 Å². The number of nitrogen functional groups attached to an aromatic ring is 1. The first kappa shape index (κ1) is 13.1. The number of nitrogens with two attached hydrogens (primary N) is 1. The number of nitrogens with one attached hydrogen (secondary N) is 1. The van der Waals surface area contributed by atoms with E-state index in [1.807, 2.05) is 5.43 Å². The zero-order chi connectivity index (χ0) is 15.0. The van der Waals surface area contributed by atoms with E-state index in [9.17, 15) is 9.59 Å². The molecule has 8 heteroatoms. The van der Waals surface area contributed by atoms with Crippen molar-refractivity contribution >= 4 is 11.6 Å². The van der Waals surface area contributed by atoms with Gasteiger partial charge in [-0.05, 0) is 25.1 Å². The van der Waals surface area contributed by atoms with Gasteiger partial charge in [-0.1, -0.05) is 6.07 Å². The topological polar surface area (TPSA) is 108 Å². The van der Waals surface area contributed by atoms with Crippen molar-refractivity contribution < 1.29 is 9.21 Å². The molecule has 3 N–H and O–H groups in total. The van der Waals surface area contributed by atoms with Crippen LogP contribution in [0.15, 0.2) is 39.7 Å². The fourth-order valence-electron chi connectivity index (χ4n) is 2.09. The predicted octanol–water partition coefficient (Wildman–Crippen LogP) is 0.0492. The third-order valence-electron chi connectivity index (χ3n) is 3.18. The Bertz CT molecular complexity index is 873. The molecule has 3 heterocycles. The first-order chi connectivity index (χ1) is 10.1. The number of carbonyl (C=O) groups is 1. The molecule has 0 atom stereocenters. The Morgan fingerprint density at radius 2 is 2.29 bits per heavy atom. The summed E-state index contributed by atoms with van der Waals surface area (Å²) in [7, 11) is 0. The first-order valence-electron chi connectivity index (χ1n) is 6.24. The molecule has 3 aromatic rings. The van der Waals surface area contributed by atoms with Crippen molar-refractivity contribution in [3.63, 3.8) is 0 Å². The molecule has 0 spiro atoms. The average molecular weight is 287 g/mol. The molecule has 0 fully saturated rings. The normalized spacial score (nSPS) is 11.0. The molecule has 0 saturated heterocycles. The van der Waals surface area contributed by atoms with Crippen LogP contribution < -0.4 is 17.0 Å². The smallest absolute Gasteiger partial charge is 0.350 e. The third kappa shape index (κ3) is 2.21. The summed E-state index contributed by atoms with van der Waals surface area (Å²) in [5.74, 6) is 5.18. The van der Waals surface area contributed by atoms with Gasteiger partial charge < -0.3 is 4.42 Å². The fraction of sp³-hybridized carbons (Fsp3) is 0.154. The van der Waals surface area contributed by atoms with Crippen LogP contribution in [0.1, 0.15) is 21.9 Å². The van der Waals surface area contributed by atoms with Gasteiger partial charge in [0.1, 0.15) is 5.76 Å². The Morgan fingerprint density at radius 1 is 1.48 bits per heavy atom. The van der Waals surface area contributed by atoms with Crippen LogP contribution in [-0.4, -0.2) is 20.1 Å². The van der Waals surface area contributed by atoms with Gasteiger partial charge in [0.25, 0.3) is 0 Å². The van der Waals surface area contributed by atoms with E-state index >= 15 is 0 Å². The Hall–Kier alpha value is -2.87. The largest absolute Gasteiger partial charge is 0.456 e. The van der Waals surface area contributed by atoms with Gasteiger partial charge >= 0.3 is 11.6 Å². The van der Waals surface area contributed by atoms with Crippen molar-refractivity contribution in [2.45, 2.75) is 13.5 Å². The number of hydrazine groups is 1. The minimum absolute atomic E-state index is 0.0989. The number of aromatic nitrogens is 3. The van der Waals surface area contributed by atoms with E-state index < -0.39 is 5.91 Å². The van der Waals surface area contributed by atoms with E-state index in [-0.39, 0.29) is 18.0 Å². The van der Waals surface area contributed by atoms with Crippen LogP contribution in [0.4, 0.5) is 0 Å². The van der Waals surface area contributed by atoms with E-state index in [0.29, 0.717) is 17.0 Å². The highest BCUT2D eigenvalue weighted by atomic mass is 16.4. The second-order valence-corrected chi connectivity index (χ2v) is 4.53. The number of nitrogens with zero attached hydrogens (tertiary/aromatic N) is 3. The van der Waals surface area contributed by atoms with Crippen molar-refractivity contribution in [3.8, 4) is 0 Å². The number of rotatable bonds is 3. The molecule has 0 aromatic carbocycles. The third-order valence-corrected chi connectivity index (χ3v) is 3.18. The summed E-state index contributed by atoms with van der Waals surface area (Å²) >= 11 is 0. The molecule has 21 heavy (non-hydrogen) atoms. The molecule has 3 rings (SSSR count). The molecule has 8 nitrogen and oxygen atoms in total. The number of hydrogen-bond acceptors (Lipinski definition) is 5. The SMILES string of the molecule is Cc1oc(C(=O)NN)cc1Cn1nc2ccccn2c1=O. The second-order valence-electron chi connectivity index (χ2n) is 4.53. The molecular weight excluding hydrogens is 274 g/mol. The lowest BCUT2D eigenvalue weighted by molar-refractivity contribution is 0.0924. The van der Waals surface area contributed by atoms with E-state index in [1.54, 1.807) is 37.4 Å². The minimum atomic E-state index is -0.522. The predicted molar refractivity (Wildman–Crippen MR) is 73.7 cm³/mol. The van der Waals surface area contributed by atoms with Gasteiger partial charge in [0, 0.05) is 11.8 Å². The zero-order valence-electron chi connectivity index (χ0n) is 11.2. The molecule has 0 aliphatic rings. The molecule has 108 valence electrons. The summed E-state index contributed by atoms with van der Waals surface area (Å²) in [6.07, 6.45) is 1.65. The monoisotopic (exact) mass is 287 g/mol. The maximum Gasteiger partial charge on any atom is 0.350 e. The van der Waals surface area contributed by atoms with Crippen molar-refractivity contribution in [1.82, 2.24) is 19.6 Å². The van der Waals surface area contributed by atoms with Crippen molar-refractivity contribution in [1.29, 1.82) is 0 Å². The summed E-state index contributed by atoms with van der Waals surface area (Å²) in [5, 5.41) is 4.22. The Morgan fingerprint density at radius 3 is 3.00 bits per heavy atom. The maximum absolute atomic E-state index is 12.2. The Labute approximate surface area is 118 Å². The summed E-state index contributed by atoms with van der Waals surface area (Å²) in [5.41, 5.74) is 3.00. The number of aryl methyl sites for hydroxylation is 1. The summed E-state index contributed by atoms with van der Waals surface area (Å²) in [6.45, 7) is 1.93. The van der Waals surface area contributed by atoms with Gasteiger partial charge in [-0.15, -0.1) is 5.10 Å². The van der Waals surface area contributed by atoms with Gasteiger partial charge in [0.15, 0.2) is 11.4 Å². The van der Waals surface area contributed by atoms with E-state index in [0.717, 1.165) is 0 Å². The summed E-state index contributed by atoms with van der Waals surface area (Å²) < 4.78 is 8.08. The number of furan rings is 1. The van der Waals surface area contributed by atoms with Crippen LogP contribution in [0.25, 0.3) is 5.65 Å². The van der Waals surface area contributed by atoms with Crippen LogP contribution in [0, 0.1) is 6.92 Å². The van der Waals surface area contributed by atoms with E-state index in [1.165, 1.54) is 9.08 Å². The molecular formula is C13H13N5O3. The highest BCUT2D eigenvalue weighted by Gasteiger charge is 2.15. The molecule has 0 unspecified atom stereocenters. The average Bonchev–Trinajstić information content (AvgIpc) is 3.01. The lowest BCUT2D eigenvalue weighted by Gasteiger charge is -1.96. The fourth-order valence-corrected chi connectivity index (χ4v) is 2.09. The number of carbonyl (C=O) groups excluding carboxylic acids is 1. The Balaban J connectivity index is 1.99. The standard InChI is InChI=1S/C13H13N5O3/c1-8-9(6-10(21-8)12(19)15-14)7-18-13(20)17-5-3-2-4-11(17)16-18/h2-6H,7,14H2,1H3,(H,15,19). The van der Waals surface area contributed by atoms with E-state index in [4.69, 9.17) is 10.3 Å². The van der Waals surface area contributed by atoms with Gasteiger partial charge in [-0.25, -0.2) is 15.3 Å². The summed E-state index contributed by atoms with van der Waals surface area (Å²) in [4.78, 5) is 23.6. The highest BCUT2D eigenvalue weighted by Crippen LogP contribution is 2.15. The second kappa shape index (κ2) is 4.91. The van der Waals surface area contributed by atoms with Crippen LogP contribution in [0.5, 0.6) is 0 Å². The van der Waals surface area contributed by atoms with Crippen LogP contribution in [-0.2, 0) is 6.54 Å². The van der Waals surface area contributed by atoms with Crippen molar-refractivity contribution in [3.05, 3.63) is 58.0 Å². The quantitative estimate of drug-likeness (QED) is 0.402. The summed E-state index contributed by atoms with van der Waals surface area (Å²) in [6, 6.07) is 6.85. The molecule has 0 saturated carbocycles. The number of amides is 1. The molecule has 0 radical (unpaired) electrons. The molecule has 0 bridgehead atoms. The molecule has 3 aromatic heterocycles. The molecule has 0 aliphatic heterocycles. The minimum Gasteiger partial charge on any atom is -0.456 e. The van der Waals surface area contributed by atoms with Crippen molar-refractivity contribution in [2.24, 2.45) is 5.84 Å². The lowest BCUT2D eigenvalue weighted by Crippen LogP contribution is -2.29. The molecule has 1 amide bonds. The lowest BCUT2D eigenvalue weighted by atomic mass is 10.2. The van der Waals surface area contributed by atoms with Gasteiger partial charge in [-0.3, -0.25) is 14.6 Å². The number of fused-ring (bicyclic) bond motifs is 1. The Kier molecular flexibility index (Phi) is 3.07. The highest BCUT2D eigenvalue weighted by molar-refractivity contribution is 5.91. The van der Waals surface area contributed by atoms with Gasteiger partial charge in [-0.2, -0.15) is 0 Å². The maximum atomic E-state index is 12.2. The van der Waals surface area contributed by atoms with Crippen LogP contribution in [0.2, 0.25) is 0 Å². The first-order valence-corrected chi connectivity index (χ1v) is 6.24. The van der Waals surface area contributed by atoms with Crippen LogP contribution in [0.3, 0.4) is 0 Å². The van der Waals surface area contributed by atoms with Crippen LogP contribution >= 0.6 is 0 Å².